The van der Waals surface area contributed by atoms with Crippen LogP contribution in [0.15, 0.2) is 0 Å². The van der Waals surface area contributed by atoms with Crippen molar-refractivity contribution in [2.45, 2.75) is 6.92 Å². The zero-order valence-corrected chi connectivity index (χ0v) is 9.00. The predicted molar refractivity (Wildman–Crippen MR) is 55.3 cm³/mol. The minimum atomic E-state index is -1.59. The third-order valence-corrected chi connectivity index (χ3v) is 1.06. The standard InChI is InChI=1S/C6H6O4.C4H2O4/c1-2-3-4(5(7)8)6(9)10;5-3(6)1-2-4(7)8/h4H,1H3,(H,7,8)(H,9,10);(H,5,6)(H,7,8). The molecule has 0 aromatic rings. The van der Waals surface area contributed by atoms with Crippen LogP contribution in [0.3, 0.4) is 0 Å². The molecule has 0 aromatic heterocycles. The van der Waals surface area contributed by atoms with Crippen molar-refractivity contribution in [1.29, 1.82) is 0 Å². The molecule has 8 heteroatoms. The van der Waals surface area contributed by atoms with Gasteiger partial charge < -0.3 is 20.4 Å². The van der Waals surface area contributed by atoms with Crippen molar-refractivity contribution in [3.63, 3.8) is 0 Å². The Morgan fingerprint density at radius 1 is 0.833 bits per heavy atom. The molecule has 0 saturated heterocycles. The topological polar surface area (TPSA) is 149 Å². The second-order valence-electron chi connectivity index (χ2n) is 2.36. The molecule has 8 nitrogen and oxygen atoms in total. The smallest absolute Gasteiger partial charge is 0.382 e. The van der Waals surface area contributed by atoms with E-state index in [-0.39, 0.29) is 0 Å². The van der Waals surface area contributed by atoms with Crippen molar-refractivity contribution >= 4 is 23.9 Å². The molecule has 0 aliphatic carbocycles. The van der Waals surface area contributed by atoms with Gasteiger partial charge in [-0.3, -0.25) is 9.59 Å². The zero-order chi connectivity index (χ0) is 14.7. The van der Waals surface area contributed by atoms with Gasteiger partial charge in [-0.1, -0.05) is 5.92 Å². The summed E-state index contributed by atoms with van der Waals surface area (Å²) in [5.74, 6) is -0.250. The Hall–Kier alpha value is -3.00. The number of aliphatic carboxylic acids is 4. The number of carboxylic acid groups (broad SMARTS) is 4. The summed E-state index contributed by atoms with van der Waals surface area (Å²) in [7, 11) is 0. The van der Waals surface area contributed by atoms with Crippen LogP contribution >= 0.6 is 0 Å². The summed E-state index contributed by atoms with van der Waals surface area (Å²) in [5.41, 5.74) is 0. The van der Waals surface area contributed by atoms with Crippen molar-refractivity contribution in [2.75, 3.05) is 0 Å². The van der Waals surface area contributed by atoms with Gasteiger partial charge in [-0.05, 0) is 6.92 Å². The highest BCUT2D eigenvalue weighted by Gasteiger charge is 2.22. The van der Waals surface area contributed by atoms with Gasteiger partial charge in [0, 0.05) is 11.8 Å². The average Bonchev–Trinajstić information content (AvgIpc) is 2.23. The summed E-state index contributed by atoms with van der Waals surface area (Å²) in [5, 5.41) is 31.8. The van der Waals surface area contributed by atoms with Gasteiger partial charge in [-0.25, -0.2) is 9.59 Å². The minimum absolute atomic E-state index is 1.39. The number of carboxylic acids is 4. The van der Waals surface area contributed by atoms with E-state index in [2.05, 4.69) is 5.92 Å². The van der Waals surface area contributed by atoms with Gasteiger partial charge >= 0.3 is 23.9 Å². The molecular formula is C10H8O8. The summed E-state index contributed by atoms with van der Waals surface area (Å²) in [6.45, 7) is 1.39. The number of rotatable bonds is 2. The van der Waals surface area contributed by atoms with E-state index in [9.17, 15) is 19.2 Å². The number of hydrogen-bond donors (Lipinski definition) is 4. The molecule has 0 saturated carbocycles. The molecule has 0 radical (unpaired) electrons. The van der Waals surface area contributed by atoms with Crippen LogP contribution < -0.4 is 0 Å². The van der Waals surface area contributed by atoms with Crippen LogP contribution in [0.4, 0.5) is 0 Å². The van der Waals surface area contributed by atoms with E-state index in [1.807, 2.05) is 5.92 Å². The molecular weight excluding hydrogens is 248 g/mol. The Balaban J connectivity index is 0. The Bertz CT molecular complexity index is 436. The van der Waals surface area contributed by atoms with Crippen molar-refractivity contribution in [1.82, 2.24) is 0 Å². The van der Waals surface area contributed by atoms with Crippen LogP contribution in [0.2, 0.25) is 0 Å². The Morgan fingerprint density at radius 2 is 1.17 bits per heavy atom. The first-order valence-corrected chi connectivity index (χ1v) is 4.08. The molecule has 96 valence electrons. The molecule has 0 fully saturated rings. The lowest BCUT2D eigenvalue weighted by Crippen LogP contribution is -2.21. The first-order valence-electron chi connectivity index (χ1n) is 4.08. The molecule has 0 unspecified atom stereocenters. The molecule has 4 N–H and O–H groups in total. The van der Waals surface area contributed by atoms with Crippen molar-refractivity contribution in [3.8, 4) is 23.7 Å². The maximum Gasteiger partial charge on any atom is 0.382 e. The summed E-state index contributed by atoms with van der Waals surface area (Å²) < 4.78 is 0. The van der Waals surface area contributed by atoms with E-state index >= 15 is 0 Å². The van der Waals surface area contributed by atoms with Crippen molar-refractivity contribution in [3.05, 3.63) is 0 Å². The fourth-order valence-electron chi connectivity index (χ4n) is 0.480. The van der Waals surface area contributed by atoms with Gasteiger partial charge in [-0.2, -0.15) is 0 Å². The predicted octanol–water partition coefficient (Wildman–Crippen LogP) is -1.05. The van der Waals surface area contributed by atoms with Crippen molar-refractivity contribution < 1.29 is 39.6 Å². The number of carbonyl (C=O) groups is 4. The van der Waals surface area contributed by atoms with Crippen LogP contribution in [-0.4, -0.2) is 44.3 Å². The molecule has 0 amide bonds. The van der Waals surface area contributed by atoms with Gasteiger partial charge in [0.1, 0.15) is 0 Å². The van der Waals surface area contributed by atoms with Gasteiger partial charge in [0.2, 0.25) is 5.92 Å². The van der Waals surface area contributed by atoms with Gasteiger partial charge in [0.25, 0.3) is 0 Å². The molecule has 0 aliphatic rings. The van der Waals surface area contributed by atoms with Crippen LogP contribution in [0, 0.1) is 29.6 Å². The highest BCUT2D eigenvalue weighted by Crippen LogP contribution is 1.93. The molecule has 0 bridgehead atoms. The van der Waals surface area contributed by atoms with Crippen LogP contribution in [0.1, 0.15) is 6.92 Å². The molecule has 0 heterocycles. The Morgan fingerprint density at radius 3 is 1.28 bits per heavy atom. The summed E-state index contributed by atoms with van der Waals surface area (Å²) in [4.78, 5) is 39.0. The Kier molecular flexibility index (Phi) is 8.93. The van der Waals surface area contributed by atoms with E-state index in [0.717, 1.165) is 0 Å². The molecule has 0 aromatic carbocycles. The third kappa shape index (κ3) is 11.1. The second kappa shape index (κ2) is 9.24. The van der Waals surface area contributed by atoms with Gasteiger partial charge in [0.15, 0.2) is 0 Å². The Labute approximate surface area is 101 Å². The van der Waals surface area contributed by atoms with E-state index < -0.39 is 29.8 Å². The maximum absolute atomic E-state index is 10.0. The largest absolute Gasteiger partial charge is 0.480 e. The highest BCUT2D eigenvalue weighted by atomic mass is 16.4. The van der Waals surface area contributed by atoms with E-state index in [0.29, 0.717) is 0 Å². The summed E-state index contributed by atoms with van der Waals surface area (Å²) in [6.07, 6.45) is 0. The molecule has 18 heavy (non-hydrogen) atoms. The van der Waals surface area contributed by atoms with E-state index in [4.69, 9.17) is 20.4 Å². The van der Waals surface area contributed by atoms with Crippen molar-refractivity contribution in [2.24, 2.45) is 5.92 Å². The lowest BCUT2D eigenvalue weighted by molar-refractivity contribution is -0.151. The molecule has 0 atom stereocenters. The normalized spacial score (nSPS) is 7.44. The van der Waals surface area contributed by atoms with E-state index in [1.165, 1.54) is 18.8 Å². The van der Waals surface area contributed by atoms with Crippen LogP contribution in [0.5, 0.6) is 0 Å². The monoisotopic (exact) mass is 256 g/mol. The summed E-state index contributed by atoms with van der Waals surface area (Å²) in [6, 6.07) is 0. The first-order chi connectivity index (χ1) is 8.22. The zero-order valence-electron chi connectivity index (χ0n) is 9.00. The highest BCUT2D eigenvalue weighted by molar-refractivity contribution is 5.96. The fourth-order valence-corrected chi connectivity index (χ4v) is 0.480. The molecule has 0 rings (SSSR count). The first kappa shape index (κ1) is 17.4. The second-order valence-corrected chi connectivity index (χ2v) is 2.36. The molecule has 0 aliphatic heterocycles. The average molecular weight is 256 g/mol. The van der Waals surface area contributed by atoms with Gasteiger partial charge in [0.05, 0.1) is 0 Å². The maximum atomic E-state index is 10.0. The fraction of sp³-hybridized carbons (Fsp3) is 0.200. The third-order valence-electron chi connectivity index (χ3n) is 1.06. The summed E-state index contributed by atoms with van der Waals surface area (Å²) >= 11 is 0. The minimum Gasteiger partial charge on any atom is -0.480 e. The number of hydrogen-bond acceptors (Lipinski definition) is 4. The SMILES string of the molecule is CC#CC(C(=O)O)C(=O)O.O=C(O)C#CC(=O)O. The lowest BCUT2D eigenvalue weighted by Gasteiger charge is -1.94. The quantitative estimate of drug-likeness (QED) is 0.361. The van der Waals surface area contributed by atoms with Gasteiger partial charge in [-0.15, -0.1) is 5.92 Å². The lowest BCUT2D eigenvalue weighted by atomic mass is 10.1. The molecule has 0 spiro atoms. The van der Waals surface area contributed by atoms with E-state index in [1.54, 1.807) is 0 Å². The van der Waals surface area contributed by atoms with Crippen LogP contribution in [-0.2, 0) is 19.2 Å². The van der Waals surface area contributed by atoms with Crippen LogP contribution in [0.25, 0.3) is 0 Å².